The Bertz CT molecular complexity index is 714. The number of benzene rings is 1. The lowest BCUT2D eigenvalue weighted by Crippen LogP contribution is -2.14. The van der Waals surface area contributed by atoms with Crippen LogP contribution in [0, 0.1) is 13.8 Å². The molecule has 0 aliphatic heterocycles. The van der Waals surface area contributed by atoms with Crippen LogP contribution in [0.25, 0.3) is 0 Å². The van der Waals surface area contributed by atoms with Crippen LogP contribution < -0.4 is 4.72 Å². The number of aromatic nitrogens is 1. The van der Waals surface area contributed by atoms with Crippen LogP contribution in [0.2, 0.25) is 0 Å². The first-order valence-electron chi connectivity index (χ1n) is 5.60. The highest BCUT2D eigenvalue weighted by atomic mass is 79.9. The fraction of sp³-hybridized carbons (Fsp3) is 0.154. The maximum Gasteiger partial charge on any atom is 0.263 e. The van der Waals surface area contributed by atoms with Crippen LogP contribution >= 0.6 is 15.9 Å². The molecule has 0 unspecified atom stereocenters. The lowest BCUT2D eigenvalue weighted by molar-refractivity contribution is 0.601. The van der Waals surface area contributed by atoms with E-state index >= 15 is 0 Å². The molecule has 2 rings (SSSR count). The molecule has 0 spiro atoms. The largest absolute Gasteiger partial charge is 0.263 e. The van der Waals surface area contributed by atoms with E-state index in [9.17, 15) is 8.42 Å². The normalized spacial score (nSPS) is 11.3. The quantitative estimate of drug-likeness (QED) is 0.932. The molecule has 0 aliphatic rings. The Balaban J connectivity index is 2.36. The van der Waals surface area contributed by atoms with Gasteiger partial charge in [-0.2, -0.15) is 0 Å². The summed E-state index contributed by atoms with van der Waals surface area (Å²) < 4.78 is 27.5. The summed E-state index contributed by atoms with van der Waals surface area (Å²) in [5.74, 6) is 0.284. The second-order valence-corrected chi connectivity index (χ2v) is 6.80. The molecule has 0 amide bonds. The van der Waals surface area contributed by atoms with E-state index in [1.165, 1.54) is 0 Å². The third-order valence-electron chi connectivity index (χ3n) is 2.51. The Morgan fingerprint density at radius 1 is 1.16 bits per heavy atom. The predicted molar refractivity (Wildman–Crippen MR) is 78.7 cm³/mol. The van der Waals surface area contributed by atoms with E-state index in [0.717, 1.165) is 11.1 Å². The molecule has 1 N–H and O–H groups in total. The molecule has 1 heterocycles. The van der Waals surface area contributed by atoms with Crippen molar-refractivity contribution in [2.75, 3.05) is 4.72 Å². The molecule has 6 heteroatoms. The van der Waals surface area contributed by atoms with Gasteiger partial charge in [0.2, 0.25) is 0 Å². The van der Waals surface area contributed by atoms with Gasteiger partial charge in [-0.3, -0.25) is 4.72 Å². The van der Waals surface area contributed by atoms with E-state index in [2.05, 4.69) is 25.6 Å². The summed E-state index contributed by atoms with van der Waals surface area (Å²) in [6, 6.07) is 8.53. The minimum Gasteiger partial charge on any atom is -0.262 e. The second kappa shape index (κ2) is 5.30. The van der Waals surface area contributed by atoms with E-state index in [1.54, 1.807) is 30.5 Å². The first-order chi connectivity index (χ1) is 8.88. The van der Waals surface area contributed by atoms with Crippen LogP contribution in [0.1, 0.15) is 11.1 Å². The van der Waals surface area contributed by atoms with Crippen LogP contribution in [0.4, 0.5) is 5.82 Å². The highest BCUT2D eigenvalue weighted by Crippen LogP contribution is 2.23. The van der Waals surface area contributed by atoms with E-state index < -0.39 is 10.0 Å². The van der Waals surface area contributed by atoms with Crippen molar-refractivity contribution in [3.63, 3.8) is 0 Å². The molecule has 0 bridgehead atoms. The van der Waals surface area contributed by atoms with Crippen LogP contribution in [0.3, 0.4) is 0 Å². The Morgan fingerprint density at radius 2 is 1.89 bits per heavy atom. The van der Waals surface area contributed by atoms with Crippen molar-refractivity contribution < 1.29 is 8.42 Å². The first kappa shape index (κ1) is 14.0. The minimum absolute atomic E-state index is 0.224. The van der Waals surface area contributed by atoms with Gasteiger partial charge >= 0.3 is 0 Å². The molecule has 1 aromatic carbocycles. The Morgan fingerprint density at radius 3 is 2.53 bits per heavy atom. The number of anilines is 1. The van der Waals surface area contributed by atoms with Crippen molar-refractivity contribution in [1.29, 1.82) is 0 Å². The summed E-state index contributed by atoms with van der Waals surface area (Å²) in [4.78, 5) is 4.30. The zero-order valence-corrected chi connectivity index (χ0v) is 12.9. The third-order valence-corrected chi connectivity index (χ3v) is 4.45. The molecule has 0 aliphatic carbocycles. The lowest BCUT2D eigenvalue weighted by atomic mass is 10.2. The highest BCUT2D eigenvalue weighted by molar-refractivity contribution is 9.10. The molecule has 1 aromatic heterocycles. The number of hydrogen-bond donors (Lipinski definition) is 1. The van der Waals surface area contributed by atoms with Crippen molar-refractivity contribution in [2.24, 2.45) is 0 Å². The van der Waals surface area contributed by atoms with Crippen molar-refractivity contribution in [3.05, 3.63) is 52.1 Å². The number of nitrogens with one attached hydrogen (secondary N) is 1. The molecule has 19 heavy (non-hydrogen) atoms. The monoisotopic (exact) mass is 340 g/mol. The molecule has 4 nitrogen and oxygen atoms in total. The predicted octanol–water partition coefficient (Wildman–Crippen LogP) is 3.26. The van der Waals surface area contributed by atoms with Gasteiger partial charge < -0.3 is 0 Å². The minimum atomic E-state index is -3.61. The number of halogens is 1. The van der Waals surface area contributed by atoms with E-state index in [1.807, 2.05) is 19.9 Å². The summed E-state index contributed by atoms with van der Waals surface area (Å²) in [7, 11) is -3.61. The van der Waals surface area contributed by atoms with Crippen LogP contribution in [0.5, 0.6) is 0 Å². The average Bonchev–Trinajstić information content (AvgIpc) is 2.33. The van der Waals surface area contributed by atoms with Crippen molar-refractivity contribution >= 4 is 31.8 Å². The maximum atomic E-state index is 12.2. The second-order valence-electron chi connectivity index (χ2n) is 4.27. The molecule has 0 saturated carbocycles. The van der Waals surface area contributed by atoms with E-state index in [0.29, 0.717) is 4.47 Å². The van der Waals surface area contributed by atoms with Crippen molar-refractivity contribution in [3.8, 4) is 0 Å². The zero-order valence-electron chi connectivity index (χ0n) is 10.5. The Labute approximate surface area is 121 Å². The molecule has 100 valence electrons. The topological polar surface area (TPSA) is 59.1 Å². The summed E-state index contributed by atoms with van der Waals surface area (Å²) in [6.45, 7) is 3.73. The summed E-state index contributed by atoms with van der Waals surface area (Å²) in [5, 5.41) is 0. The Hall–Kier alpha value is -1.40. The number of rotatable bonds is 3. The first-order valence-corrected chi connectivity index (χ1v) is 7.88. The lowest BCUT2D eigenvalue weighted by Gasteiger charge is -2.09. The van der Waals surface area contributed by atoms with Gasteiger partial charge in [0.1, 0.15) is 0 Å². The summed E-state index contributed by atoms with van der Waals surface area (Å²) in [5.41, 5.74) is 1.84. The van der Waals surface area contributed by atoms with Gasteiger partial charge in [-0.25, -0.2) is 13.4 Å². The van der Waals surface area contributed by atoms with Crippen LogP contribution in [-0.2, 0) is 10.0 Å². The number of aryl methyl sites for hydroxylation is 2. The molecule has 0 radical (unpaired) electrons. The fourth-order valence-electron chi connectivity index (χ4n) is 1.58. The number of nitrogens with zero attached hydrogens (tertiary/aromatic N) is 1. The highest BCUT2D eigenvalue weighted by Gasteiger charge is 2.16. The Kier molecular flexibility index (Phi) is 3.91. The van der Waals surface area contributed by atoms with Crippen LogP contribution in [0.15, 0.2) is 45.9 Å². The molecular formula is C13H13BrN2O2S. The number of sulfonamides is 1. The number of hydrogen-bond acceptors (Lipinski definition) is 3. The van der Waals surface area contributed by atoms with Crippen molar-refractivity contribution in [2.45, 2.75) is 18.7 Å². The van der Waals surface area contributed by atoms with Gasteiger partial charge in [0, 0.05) is 6.20 Å². The van der Waals surface area contributed by atoms with E-state index in [-0.39, 0.29) is 10.7 Å². The van der Waals surface area contributed by atoms with Gasteiger partial charge in [0.05, 0.1) is 9.37 Å². The smallest absolute Gasteiger partial charge is 0.262 e. The average molecular weight is 341 g/mol. The summed E-state index contributed by atoms with van der Waals surface area (Å²) in [6.07, 6.45) is 1.61. The number of pyridine rings is 1. The molecule has 0 saturated heterocycles. The molecule has 0 fully saturated rings. The fourth-order valence-corrected chi connectivity index (χ4v) is 3.40. The zero-order chi connectivity index (χ0) is 14.0. The third kappa shape index (κ3) is 3.33. The van der Waals surface area contributed by atoms with Gasteiger partial charge in [0.15, 0.2) is 5.82 Å². The molecule has 2 aromatic rings. The van der Waals surface area contributed by atoms with Crippen molar-refractivity contribution in [1.82, 2.24) is 4.98 Å². The maximum absolute atomic E-state index is 12.2. The standard InChI is InChI=1S/C13H13BrN2O2S/c1-9-4-3-5-11(6-9)19(17,18)16-13-12(14)7-10(2)8-15-13/h3-8H,1-2H3,(H,15,16). The molecule has 0 atom stereocenters. The van der Waals surface area contributed by atoms with Gasteiger partial charge in [-0.05, 0) is 59.1 Å². The SMILES string of the molecule is Cc1cccc(S(=O)(=O)Nc2ncc(C)cc2Br)c1. The van der Waals surface area contributed by atoms with E-state index in [4.69, 9.17) is 0 Å². The van der Waals surface area contributed by atoms with Gasteiger partial charge in [-0.1, -0.05) is 12.1 Å². The van der Waals surface area contributed by atoms with Crippen LogP contribution in [-0.4, -0.2) is 13.4 Å². The van der Waals surface area contributed by atoms with Gasteiger partial charge in [-0.15, -0.1) is 0 Å². The molecular weight excluding hydrogens is 328 g/mol. The van der Waals surface area contributed by atoms with Gasteiger partial charge in [0.25, 0.3) is 10.0 Å². The summed E-state index contributed by atoms with van der Waals surface area (Å²) >= 11 is 3.30.